The molecule has 2 aromatic rings. The SMILES string of the molecule is C=CC[C@]1(c2c(OC)ccc3ccccc23)CCOC1=O. The third kappa shape index (κ3) is 2.00. The Morgan fingerprint density at radius 3 is 2.81 bits per heavy atom. The highest BCUT2D eigenvalue weighted by molar-refractivity contribution is 5.96. The molecular formula is C18H18O3. The fraction of sp³-hybridized carbons (Fsp3) is 0.278. The van der Waals surface area contributed by atoms with Crippen molar-refractivity contribution >= 4 is 16.7 Å². The summed E-state index contributed by atoms with van der Waals surface area (Å²) in [6.07, 6.45) is 2.99. The second-order valence-corrected chi connectivity index (χ2v) is 5.32. The normalized spacial score (nSPS) is 21.3. The molecule has 3 heteroatoms. The molecule has 1 heterocycles. The molecule has 1 atom stereocenters. The molecule has 1 aliphatic rings. The summed E-state index contributed by atoms with van der Waals surface area (Å²) in [5.74, 6) is 0.548. The van der Waals surface area contributed by atoms with Crippen molar-refractivity contribution in [3.8, 4) is 5.75 Å². The van der Waals surface area contributed by atoms with Crippen LogP contribution in [0.4, 0.5) is 0 Å². The molecule has 0 bridgehead atoms. The van der Waals surface area contributed by atoms with Gasteiger partial charge in [-0.05, 0) is 23.3 Å². The van der Waals surface area contributed by atoms with Gasteiger partial charge >= 0.3 is 5.97 Å². The summed E-state index contributed by atoms with van der Waals surface area (Å²) in [7, 11) is 1.63. The molecule has 1 fully saturated rings. The van der Waals surface area contributed by atoms with E-state index in [4.69, 9.17) is 9.47 Å². The van der Waals surface area contributed by atoms with Crippen molar-refractivity contribution in [2.24, 2.45) is 0 Å². The first-order valence-electron chi connectivity index (χ1n) is 7.07. The van der Waals surface area contributed by atoms with Gasteiger partial charge in [0.1, 0.15) is 11.2 Å². The fourth-order valence-electron chi connectivity index (χ4n) is 3.23. The van der Waals surface area contributed by atoms with Gasteiger partial charge in [0.05, 0.1) is 13.7 Å². The van der Waals surface area contributed by atoms with Crippen LogP contribution in [0.2, 0.25) is 0 Å². The molecule has 2 aromatic carbocycles. The summed E-state index contributed by atoms with van der Waals surface area (Å²) < 4.78 is 10.8. The molecule has 108 valence electrons. The van der Waals surface area contributed by atoms with Crippen molar-refractivity contribution in [3.05, 3.63) is 54.6 Å². The van der Waals surface area contributed by atoms with Crippen LogP contribution in [0.25, 0.3) is 10.8 Å². The number of hydrogen-bond donors (Lipinski definition) is 0. The van der Waals surface area contributed by atoms with Crippen molar-refractivity contribution < 1.29 is 14.3 Å². The Balaban J connectivity index is 2.35. The zero-order valence-corrected chi connectivity index (χ0v) is 12.1. The topological polar surface area (TPSA) is 35.5 Å². The van der Waals surface area contributed by atoms with E-state index in [1.165, 1.54) is 0 Å². The maximum Gasteiger partial charge on any atom is 0.317 e. The van der Waals surface area contributed by atoms with Crippen LogP contribution in [0.5, 0.6) is 5.75 Å². The first kappa shape index (κ1) is 13.7. The number of esters is 1. The summed E-state index contributed by atoms with van der Waals surface area (Å²) >= 11 is 0. The summed E-state index contributed by atoms with van der Waals surface area (Å²) in [4.78, 5) is 12.5. The Hall–Kier alpha value is -2.29. The first-order valence-corrected chi connectivity index (χ1v) is 7.07. The van der Waals surface area contributed by atoms with Gasteiger partial charge in [0, 0.05) is 12.0 Å². The van der Waals surface area contributed by atoms with Crippen LogP contribution in [0.1, 0.15) is 18.4 Å². The summed E-state index contributed by atoms with van der Waals surface area (Å²) in [6.45, 7) is 4.26. The molecule has 1 saturated heterocycles. The number of hydrogen-bond acceptors (Lipinski definition) is 3. The lowest BCUT2D eigenvalue weighted by Gasteiger charge is -2.27. The largest absolute Gasteiger partial charge is 0.496 e. The summed E-state index contributed by atoms with van der Waals surface area (Å²) in [5.41, 5.74) is 0.235. The third-order valence-electron chi connectivity index (χ3n) is 4.23. The predicted molar refractivity (Wildman–Crippen MR) is 82.6 cm³/mol. The van der Waals surface area contributed by atoms with Crippen LogP contribution in [-0.2, 0) is 14.9 Å². The Kier molecular flexibility index (Phi) is 3.42. The first-order chi connectivity index (χ1) is 10.2. The van der Waals surface area contributed by atoms with E-state index in [1.807, 2.05) is 36.4 Å². The minimum Gasteiger partial charge on any atom is -0.496 e. The molecular weight excluding hydrogens is 264 g/mol. The maximum absolute atomic E-state index is 12.5. The van der Waals surface area contributed by atoms with E-state index in [0.717, 1.165) is 22.1 Å². The number of allylic oxidation sites excluding steroid dienone is 1. The minimum absolute atomic E-state index is 0.183. The molecule has 3 rings (SSSR count). The Morgan fingerprint density at radius 1 is 1.33 bits per heavy atom. The number of methoxy groups -OCH3 is 1. The molecule has 0 saturated carbocycles. The maximum atomic E-state index is 12.5. The van der Waals surface area contributed by atoms with E-state index >= 15 is 0 Å². The molecule has 21 heavy (non-hydrogen) atoms. The van der Waals surface area contributed by atoms with Gasteiger partial charge in [-0.15, -0.1) is 6.58 Å². The van der Waals surface area contributed by atoms with E-state index in [1.54, 1.807) is 13.2 Å². The summed E-state index contributed by atoms with van der Waals surface area (Å²) in [6, 6.07) is 12.0. The number of ether oxygens (including phenoxy) is 2. The predicted octanol–water partition coefficient (Wildman–Crippen LogP) is 3.61. The smallest absolute Gasteiger partial charge is 0.317 e. The standard InChI is InChI=1S/C18H18O3/c1-3-10-18(11-12-21-17(18)19)16-14-7-5-4-6-13(14)8-9-15(16)20-2/h3-9H,1,10-12H2,2H3/t18-/m1/s1. The van der Waals surface area contributed by atoms with Gasteiger partial charge in [-0.2, -0.15) is 0 Å². The molecule has 0 aliphatic carbocycles. The van der Waals surface area contributed by atoms with Gasteiger partial charge in [0.2, 0.25) is 0 Å². The molecule has 0 radical (unpaired) electrons. The van der Waals surface area contributed by atoms with Crippen LogP contribution in [0, 0.1) is 0 Å². The summed E-state index contributed by atoms with van der Waals surface area (Å²) in [5, 5.41) is 2.13. The Morgan fingerprint density at radius 2 is 2.14 bits per heavy atom. The highest BCUT2D eigenvalue weighted by atomic mass is 16.5. The van der Waals surface area contributed by atoms with E-state index in [9.17, 15) is 4.79 Å². The second-order valence-electron chi connectivity index (χ2n) is 5.32. The van der Waals surface area contributed by atoms with E-state index in [2.05, 4.69) is 6.58 Å². The van der Waals surface area contributed by atoms with Crippen molar-refractivity contribution in [2.45, 2.75) is 18.3 Å². The second kappa shape index (κ2) is 5.24. The number of rotatable bonds is 4. The van der Waals surface area contributed by atoms with E-state index < -0.39 is 5.41 Å². The van der Waals surface area contributed by atoms with Crippen LogP contribution in [0.15, 0.2) is 49.1 Å². The molecule has 1 aliphatic heterocycles. The average Bonchev–Trinajstić information content (AvgIpc) is 2.88. The lowest BCUT2D eigenvalue weighted by atomic mass is 9.74. The van der Waals surface area contributed by atoms with Crippen molar-refractivity contribution in [1.29, 1.82) is 0 Å². The molecule has 3 nitrogen and oxygen atoms in total. The van der Waals surface area contributed by atoms with Gasteiger partial charge < -0.3 is 9.47 Å². The van der Waals surface area contributed by atoms with Crippen LogP contribution in [0.3, 0.4) is 0 Å². The van der Waals surface area contributed by atoms with Gasteiger partial charge in [0.15, 0.2) is 0 Å². The third-order valence-corrected chi connectivity index (χ3v) is 4.23. The quantitative estimate of drug-likeness (QED) is 0.635. The van der Waals surface area contributed by atoms with Crippen molar-refractivity contribution in [1.82, 2.24) is 0 Å². The number of benzene rings is 2. The van der Waals surface area contributed by atoms with E-state index in [-0.39, 0.29) is 5.97 Å². The van der Waals surface area contributed by atoms with Crippen LogP contribution < -0.4 is 4.74 Å². The fourth-order valence-corrected chi connectivity index (χ4v) is 3.23. The molecule has 0 N–H and O–H groups in total. The Bertz CT molecular complexity index is 705. The van der Waals surface area contributed by atoms with E-state index in [0.29, 0.717) is 19.4 Å². The minimum atomic E-state index is -0.687. The van der Waals surface area contributed by atoms with Crippen molar-refractivity contribution in [2.75, 3.05) is 13.7 Å². The molecule has 0 aromatic heterocycles. The van der Waals surface area contributed by atoms with Gasteiger partial charge in [0.25, 0.3) is 0 Å². The van der Waals surface area contributed by atoms with Gasteiger partial charge in [-0.3, -0.25) is 4.79 Å². The number of carbonyl (C=O) groups is 1. The van der Waals surface area contributed by atoms with Crippen LogP contribution >= 0.6 is 0 Å². The van der Waals surface area contributed by atoms with Gasteiger partial charge in [-0.25, -0.2) is 0 Å². The highest BCUT2D eigenvalue weighted by Crippen LogP contribution is 2.45. The zero-order chi connectivity index (χ0) is 14.9. The molecule has 0 amide bonds. The van der Waals surface area contributed by atoms with Gasteiger partial charge in [-0.1, -0.05) is 36.4 Å². The zero-order valence-electron chi connectivity index (χ0n) is 12.1. The lowest BCUT2D eigenvalue weighted by molar-refractivity contribution is -0.142. The number of cyclic esters (lactones) is 1. The molecule has 0 unspecified atom stereocenters. The average molecular weight is 282 g/mol. The number of carbonyl (C=O) groups excluding carboxylic acids is 1. The monoisotopic (exact) mass is 282 g/mol. The lowest BCUT2D eigenvalue weighted by Crippen LogP contribution is -2.31. The highest BCUT2D eigenvalue weighted by Gasteiger charge is 2.47. The van der Waals surface area contributed by atoms with Crippen molar-refractivity contribution in [3.63, 3.8) is 0 Å². The molecule has 0 spiro atoms. The van der Waals surface area contributed by atoms with Crippen LogP contribution in [-0.4, -0.2) is 19.7 Å². The Labute approximate surface area is 124 Å². The number of fused-ring (bicyclic) bond motifs is 1.